The van der Waals surface area contributed by atoms with Crippen molar-refractivity contribution in [3.63, 3.8) is 0 Å². The number of carbonyl (C=O) groups excluding carboxylic acids is 1. The molecule has 2 aromatic carbocycles. The van der Waals surface area contributed by atoms with Gasteiger partial charge in [-0.3, -0.25) is 4.79 Å². The van der Waals surface area contributed by atoms with E-state index in [1.807, 2.05) is 49.0 Å². The number of fused-ring (bicyclic) bond motifs is 1. The molecule has 0 radical (unpaired) electrons. The first-order valence-electron chi connectivity index (χ1n) is 9.28. The second-order valence-corrected chi connectivity index (χ2v) is 9.12. The zero-order chi connectivity index (χ0) is 19.9. The average molecular weight is 398 g/mol. The van der Waals surface area contributed by atoms with Crippen molar-refractivity contribution in [1.29, 1.82) is 0 Å². The van der Waals surface area contributed by atoms with Crippen molar-refractivity contribution in [3.05, 3.63) is 65.9 Å². The molecular formula is C21H23N3O3S. The molecule has 0 saturated carbocycles. The number of aryl methyl sites for hydroxylation is 2. The third kappa shape index (κ3) is 3.21. The highest BCUT2D eigenvalue weighted by molar-refractivity contribution is 7.89. The van der Waals surface area contributed by atoms with Crippen LogP contribution in [0.25, 0.3) is 10.9 Å². The number of sulfonamides is 1. The van der Waals surface area contributed by atoms with Gasteiger partial charge in [0.2, 0.25) is 10.0 Å². The first-order valence-corrected chi connectivity index (χ1v) is 10.7. The molecule has 2 heterocycles. The van der Waals surface area contributed by atoms with E-state index < -0.39 is 10.0 Å². The number of aromatic nitrogens is 1. The number of carbonyl (C=O) groups is 1. The summed E-state index contributed by atoms with van der Waals surface area (Å²) in [4.78, 5) is 15.1. The summed E-state index contributed by atoms with van der Waals surface area (Å²) < 4.78 is 29.1. The van der Waals surface area contributed by atoms with Gasteiger partial charge in [-0.05, 0) is 25.1 Å². The molecule has 0 aliphatic carbocycles. The van der Waals surface area contributed by atoms with E-state index >= 15 is 0 Å². The third-order valence-corrected chi connectivity index (χ3v) is 7.22. The van der Waals surface area contributed by atoms with E-state index in [0.717, 1.165) is 16.5 Å². The lowest BCUT2D eigenvalue weighted by Gasteiger charge is -2.34. The molecule has 7 heteroatoms. The number of amides is 1. The van der Waals surface area contributed by atoms with Gasteiger partial charge in [0, 0.05) is 50.3 Å². The Morgan fingerprint density at radius 3 is 2.25 bits per heavy atom. The van der Waals surface area contributed by atoms with Crippen LogP contribution in [-0.2, 0) is 17.1 Å². The molecule has 1 aliphatic heterocycles. The predicted octanol–water partition coefficient (Wildman–Crippen LogP) is 2.63. The number of hydrogen-bond acceptors (Lipinski definition) is 3. The SMILES string of the molecule is Cc1ccc(S(=O)(=O)N2CCN(C(=O)c3cn(C)c4ccccc34)CC2)cc1. The summed E-state index contributed by atoms with van der Waals surface area (Å²) in [6, 6.07) is 14.7. The highest BCUT2D eigenvalue weighted by Crippen LogP contribution is 2.23. The van der Waals surface area contributed by atoms with Crippen LogP contribution in [0.5, 0.6) is 0 Å². The van der Waals surface area contributed by atoms with Gasteiger partial charge in [-0.15, -0.1) is 0 Å². The zero-order valence-corrected chi connectivity index (χ0v) is 16.8. The Kier molecular flexibility index (Phi) is 4.72. The smallest absolute Gasteiger partial charge is 0.256 e. The molecule has 1 fully saturated rings. The maximum Gasteiger partial charge on any atom is 0.256 e. The highest BCUT2D eigenvalue weighted by atomic mass is 32.2. The molecule has 0 spiro atoms. The average Bonchev–Trinajstić information content (AvgIpc) is 3.05. The lowest BCUT2D eigenvalue weighted by atomic mass is 10.1. The van der Waals surface area contributed by atoms with Gasteiger partial charge in [0.25, 0.3) is 5.91 Å². The van der Waals surface area contributed by atoms with E-state index in [4.69, 9.17) is 0 Å². The van der Waals surface area contributed by atoms with Crippen LogP contribution in [0.2, 0.25) is 0 Å². The van der Waals surface area contributed by atoms with E-state index in [2.05, 4.69) is 0 Å². The van der Waals surface area contributed by atoms with Gasteiger partial charge < -0.3 is 9.47 Å². The predicted molar refractivity (Wildman–Crippen MR) is 109 cm³/mol. The van der Waals surface area contributed by atoms with Crippen molar-refractivity contribution in [2.24, 2.45) is 7.05 Å². The van der Waals surface area contributed by atoms with Crippen molar-refractivity contribution in [1.82, 2.24) is 13.8 Å². The third-order valence-electron chi connectivity index (χ3n) is 5.31. The first-order chi connectivity index (χ1) is 13.4. The second-order valence-electron chi connectivity index (χ2n) is 7.18. The molecule has 1 amide bonds. The molecule has 1 saturated heterocycles. The Bertz CT molecular complexity index is 1130. The van der Waals surface area contributed by atoms with Gasteiger partial charge in [0.15, 0.2) is 0 Å². The van der Waals surface area contributed by atoms with Gasteiger partial charge in [-0.1, -0.05) is 35.9 Å². The summed E-state index contributed by atoms with van der Waals surface area (Å²) in [5.41, 5.74) is 2.68. The molecule has 0 bridgehead atoms. The Morgan fingerprint density at radius 1 is 0.929 bits per heavy atom. The minimum absolute atomic E-state index is 0.0517. The molecule has 146 valence electrons. The fourth-order valence-electron chi connectivity index (χ4n) is 3.67. The first kappa shape index (κ1) is 18.7. The molecule has 0 atom stereocenters. The van der Waals surface area contributed by atoms with Crippen LogP contribution in [0.1, 0.15) is 15.9 Å². The molecule has 28 heavy (non-hydrogen) atoms. The van der Waals surface area contributed by atoms with E-state index in [1.165, 1.54) is 4.31 Å². The number of para-hydroxylation sites is 1. The molecule has 0 N–H and O–H groups in total. The lowest BCUT2D eigenvalue weighted by molar-refractivity contribution is 0.0699. The van der Waals surface area contributed by atoms with Crippen molar-refractivity contribution in [2.45, 2.75) is 11.8 Å². The lowest BCUT2D eigenvalue weighted by Crippen LogP contribution is -2.50. The summed E-state index contributed by atoms with van der Waals surface area (Å²) in [7, 11) is -1.61. The highest BCUT2D eigenvalue weighted by Gasteiger charge is 2.31. The molecule has 3 aromatic rings. The summed E-state index contributed by atoms with van der Waals surface area (Å²) in [5, 5.41) is 0.921. The van der Waals surface area contributed by atoms with E-state index in [-0.39, 0.29) is 5.91 Å². The van der Waals surface area contributed by atoms with E-state index in [0.29, 0.717) is 36.6 Å². The maximum atomic E-state index is 13.0. The van der Waals surface area contributed by atoms with Crippen LogP contribution in [0.15, 0.2) is 59.6 Å². The van der Waals surface area contributed by atoms with Crippen LogP contribution >= 0.6 is 0 Å². The Labute approximate surface area is 165 Å². The van der Waals surface area contributed by atoms with E-state index in [1.54, 1.807) is 29.2 Å². The second kappa shape index (κ2) is 7.07. The molecule has 0 unspecified atom stereocenters. The topological polar surface area (TPSA) is 62.6 Å². The van der Waals surface area contributed by atoms with Gasteiger partial charge in [-0.25, -0.2) is 8.42 Å². The fourth-order valence-corrected chi connectivity index (χ4v) is 5.10. The summed E-state index contributed by atoms with van der Waals surface area (Å²) in [6.45, 7) is 3.29. The largest absolute Gasteiger partial charge is 0.350 e. The molecule has 4 rings (SSSR count). The molecule has 1 aromatic heterocycles. The van der Waals surface area contributed by atoms with Crippen LogP contribution in [0.4, 0.5) is 0 Å². The van der Waals surface area contributed by atoms with Gasteiger partial charge in [-0.2, -0.15) is 4.31 Å². The minimum atomic E-state index is -3.53. The summed E-state index contributed by atoms with van der Waals surface area (Å²) in [5.74, 6) is -0.0517. The van der Waals surface area contributed by atoms with Crippen molar-refractivity contribution >= 4 is 26.8 Å². The summed E-state index contributed by atoms with van der Waals surface area (Å²) >= 11 is 0. The standard InChI is InChI=1S/C21H23N3O3S/c1-16-7-9-17(10-8-16)28(26,27)24-13-11-23(12-14-24)21(25)19-15-22(2)20-6-4-3-5-18(19)20/h3-10,15H,11-14H2,1-2H3. The molecular weight excluding hydrogens is 374 g/mol. The Balaban J connectivity index is 1.51. The Hall–Kier alpha value is -2.64. The van der Waals surface area contributed by atoms with Crippen LogP contribution in [0, 0.1) is 6.92 Å². The number of hydrogen-bond donors (Lipinski definition) is 0. The maximum absolute atomic E-state index is 13.0. The number of rotatable bonds is 3. The van der Waals surface area contributed by atoms with Crippen molar-refractivity contribution < 1.29 is 13.2 Å². The minimum Gasteiger partial charge on any atom is -0.350 e. The van der Waals surface area contributed by atoms with Crippen LogP contribution in [0.3, 0.4) is 0 Å². The normalized spacial score (nSPS) is 15.9. The van der Waals surface area contributed by atoms with Crippen molar-refractivity contribution in [3.8, 4) is 0 Å². The van der Waals surface area contributed by atoms with Crippen LogP contribution < -0.4 is 0 Å². The summed E-state index contributed by atoms with van der Waals surface area (Å²) in [6.07, 6.45) is 1.85. The monoisotopic (exact) mass is 397 g/mol. The fraction of sp³-hybridized carbons (Fsp3) is 0.286. The number of piperazine rings is 1. The number of nitrogens with zero attached hydrogens (tertiary/aromatic N) is 3. The van der Waals surface area contributed by atoms with Gasteiger partial charge in [0.05, 0.1) is 10.5 Å². The van der Waals surface area contributed by atoms with E-state index in [9.17, 15) is 13.2 Å². The van der Waals surface area contributed by atoms with Gasteiger partial charge >= 0.3 is 0 Å². The molecule has 6 nitrogen and oxygen atoms in total. The van der Waals surface area contributed by atoms with Crippen LogP contribution in [-0.4, -0.2) is 54.3 Å². The van der Waals surface area contributed by atoms with Gasteiger partial charge in [0.1, 0.15) is 0 Å². The quantitative estimate of drug-likeness (QED) is 0.683. The zero-order valence-electron chi connectivity index (χ0n) is 16.0. The van der Waals surface area contributed by atoms with Crippen molar-refractivity contribution in [2.75, 3.05) is 26.2 Å². The number of benzene rings is 2. The molecule has 1 aliphatic rings. The Morgan fingerprint density at radius 2 is 1.57 bits per heavy atom.